The summed E-state index contributed by atoms with van der Waals surface area (Å²) in [5, 5.41) is 21.1. The van der Waals surface area contributed by atoms with Gasteiger partial charge in [0.05, 0.1) is 17.1 Å². The van der Waals surface area contributed by atoms with Crippen molar-refractivity contribution in [2.24, 2.45) is 23.2 Å². The van der Waals surface area contributed by atoms with Gasteiger partial charge >= 0.3 is 0 Å². The van der Waals surface area contributed by atoms with Gasteiger partial charge in [0.15, 0.2) is 0 Å². The highest BCUT2D eigenvalue weighted by Gasteiger charge is 2.54. The largest absolute Gasteiger partial charge is 0.388 e. The van der Waals surface area contributed by atoms with E-state index in [4.69, 9.17) is 0 Å². The average molecular weight is 263 g/mol. The summed E-state index contributed by atoms with van der Waals surface area (Å²) in [6, 6.07) is 2.57. The molecule has 2 rings (SSSR count). The van der Waals surface area contributed by atoms with Crippen LogP contribution in [0, 0.1) is 34.5 Å². The van der Waals surface area contributed by atoms with Gasteiger partial charge in [-0.1, -0.05) is 40.0 Å². The van der Waals surface area contributed by atoms with E-state index in [2.05, 4.69) is 26.8 Å². The highest BCUT2D eigenvalue weighted by Crippen LogP contribution is 2.53. The Balaban J connectivity index is 2.23. The molecule has 0 spiro atoms. The molecule has 0 heterocycles. The van der Waals surface area contributed by atoms with Crippen molar-refractivity contribution in [3.8, 4) is 6.07 Å². The number of aliphatic hydroxyl groups is 1. The molecule has 0 amide bonds. The Morgan fingerprint density at radius 2 is 1.84 bits per heavy atom. The van der Waals surface area contributed by atoms with E-state index in [-0.39, 0.29) is 0 Å². The third-order valence-corrected chi connectivity index (χ3v) is 5.81. The standard InChI is InChI=1S/C17H29NO/c1-13(2)15-7-5-9-17(19,11-15)16(12-18)8-4-6-14(3)10-16/h13-15,19H,4-11H2,1-3H3. The Bertz CT molecular complexity index is 359. The Labute approximate surface area is 118 Å². The van der Waals surface area contributed by atoms with Crippen LogP contribution in [0.5, 0.6) is 0 Å². The minimum atomic E-state index is -0.733. The predicted octanol–water partition coefficient (Wildman–Crippen LogP) is 4.28. The molecular formula is C17H29NO. The lowest BCUT2D eigenvalue weighted by Crippen LogP contribution is -2.53. The Hall–Kier alpha value is -0.550. The highest BCUT2D eigenvalue weighted by molar-refractivity contribution is 5.14. The summed E-state index contributed by atoms with van der Waals surface area (Å²) in [4.78, 5) is 0. The number of hydrogen-bond donors (Lipinski definition) is 1. The maximum absolute atomic E-state index is 11.3. The van der Waals surface area contributed by atoms with Gasteiger partial charge in [-0.25, -0.2) is 0 Å². The van der Waals surface area contributed by atoms with Crippen LogP contribution in [-0.2, 0) is 0 Å². The molecule has 2 saturated carbocycles. The number of rotatable bonds is 2. The molecule has 0 saturated heterocycles. The predicted molar refractivity (Wildman–Crippen MR) is 77.4 cm³/mol. The summed E-state index contributed by atoms with van der Waals surface area (Å²) in [7, 11) is 0. The maximum Gasteiger partial charge on any atom is 0.0862 e. The second-order valence-corrected chi connectivity index (χ2v) is 7.53. The third kappa shape index (κ3) is 2.68. The summed E-state index contributed by atoms with van der Waals surface area (Å²) >= 11 is 0. The smallest absolute Gasteiger partial charge is 0.0862 e. The monoisotopic (exact) mass is 263 g/mol. The molecule has 108 valence electrons. The Kier molecular flexibility index (Phi) is 4.26. The van der Waals surface area contributed by atoms with Gasteiger partial charge in [0.1, 0.15) is 0 Å². The normalized spacial score (nSPS) is 44.0. The summed E-state index contributed by atoms with van der Waals surface area (Å²) in [5.74, 6) is 1.78. The molecule has 1 N–H and O–H groups in total. The summed E-state index contributed by atoms with van der Waals surface area (Å²) in [5.41, 5.74) is -1.21. The van der Waals surface area contributed by atoms with Gasteiger partial charge in [0.2, 0.25) is 0 Å². The minimum absolute atomic E-state index is 0.474. The summed E-state index contributed by atoms with van der Waals surface area (Å²) < 4.78 is 0. The Morgan fingerprint density at radius 3 is 2.42 bits per heavy atom. The van der Waals surface area contributed by atoms with Gasteiger partial charge < -0.3 is 5.11 Å². The van der Waals surface area contributed by atoms with E-state index < -0.39 is 11.0 Å². The second kappa shape index (κ2) is 5.44. The van der Waals surface area contributed by atoms with E-state index in [0.29, 0.717) is 17.8 Å². The number of nitriles is 1. The van der Waals surface area contributed by atoms with Crippen molar-refractivity contribution in [1.82, 2.24) is 0 Å². The third-order valence-electron chi connectivity index (χ3n) is 5.81. The fourth-order valence-corrected chi connectivity index (χ4v) is 4.48. The maximum atomic E-state index is 11.3. The molecular weight excluding hydrogens is 234 g/mol. The van der Waals surface area contributed by atoms with Gasteiger partial charge in [0.25, 0.3) is 0 Å². The van der Waals surface area contributed by atoms with Crippen molar-refractivity contribution in [1.29, 1.82) is 5.26 Å². The topological polar surface area (TPSA) is 44.0 Å². The van der Waals surface area contributed by atoms with Gasteiger partial charge in [-0.3, -0.25) is 0 Å². The van der Waals surface area contributed by atoms with Crippen LogP contribution in [0.4, 0.5) is 0 Å². The van der Waals surface area contributed by atoms with Crippen molar-refractivity contribution in [2.45, 2.75) is 77.7 Å². The lowest BCUT2D eigenvalue weighted by atomic mass is 9.55. The molecule has 4 atom stereocenters. The molecule has 2 aliphatic rings. The first kappa shape index (κ1) is 14.9. The first-order chi connectivity index (χ1) is 8.92. The van der Waals surface area contributed by atoms with E-state index in [1.54, 1.807) is 0 Å². The number of nitrogens with zero attached hydrogens (tertiary/aromatic N) is 1. The molecule has 0 aromatic rings. The van der Waals surface area contributed by atoms with E-state index >= 15 is 0 Å². The molecule has 0 aromatic heterocycles. The van der Waals surface area contributed by atoms with Crippen LogP contribution in [-0.4, -0.2) is 10.7 Å². The number of hydrogen-bond acceptors (Lipinski definition) is 2. The molecule has 2 fully saturated rings. The van der Waals surface area contributed by atoms with Gasteiger partial charge in [0, 0.05) is 0 Å². The fraction of sp³-hybridized carbons (Fsp3) is 0.941. The average Bonchev–Trinajstić information content (AvgIpc) is 2.38. The Morgan fingerprint density at radius 1 is 1.16 bits per heavy atom. The second-order valence-electron chi connectivity index (χ2n) is 7.53. The van der Waals surface area contributed by atoms with Gasteiger partial charge in [-0.2, -0.15) is 5.26 Å². The first-order valence-electron chi connectivity index (χ1n) is 8.06. The molecule has 2 aliphatic carbocycles. The van der Waals surface area contributed by atoms with E-state index in [1.165, 1.54) is 12.8 Å². The van der Waals surface area contributed by atoms with Crippen molar-refractivity contribution in [2.75, 3.05) is 0 Å². The van der Waals surface area contributed by atoms with E-state index in [9.17, 15) is 10.4 Å². The first-order valence-corrected chi connectivity index (χ1v) is 8.06. The van der Waals surface area contributed by atoms with E-state index in [1.807, 2.05) is 0 Å². The van der Waals surface area contributed by atoms with Crippen LogP contribution in [0.25, 0.3) is 0 Å². The molecule has 19 heavy (non-hydrogen) atoms. The van der Waals surface area contributed by atoms with Crippen molar-refractivity contribution in [3.05, 3.63) is 0 Å². The van der Waals surface area contributed by atoms with Crippen LogP contribution in [0.15, 0.2) is 0 Å². The molecule has 4 unspecified atom stereocenters. The highest BCUT2D eigenvalue weighted by atomic mass is 16.3. The van der Waals surface area contributed by atoms with Crippen LogP contribution < -0.4 is 0 Å². The van der Waals surface area contributed by atoms with Gasteiger partial charge in [-0.15, -0.1) is 0 Å². The van der Waals surface area contributed by atoms with Crippen molar-refractivity contribution < 1.29 is 5.11 Å². The molecule has 2 heteroatoms. The molecule has 0 aromatic carbocycles. The van der Waals surface area contributed by atoms with E-state index in [0.717, 1.165) is 38.5 Å². The fourth-order valence-electron chi connectivity index (χ4n) is 4.48. The molecule has 0 radical (unpaired) electrons. The molecule has 2 nitrogen and oxygen atoms in total. The quantitative estimate of drug-likeness (QED) is 0.808. The van der Waals surface area contributed by atoms with Crippen molar-refractivity contribution in [3.63, 3.8) is 0 Å². The zero-order valence-electron chi connectivity index (χ0n) is 12.8. The lowest BCUT2D eigenvalue weighted by molar-refractivity contribution is -0.120. The lowest BCUT2D eigenvalue weighted by Gasteiger charge is -2.50. The van der Waals surface area contributed by atoms with Crippen molar-refractivity contribution >= 4 is 0 Å². The van der Waals surface area contributed by atoms with Crippen LogP contribution >= 0.6 is 0 Å². The summed E-state index contributed by atoms with van der Waals surface area (Å²) in [6.07, 6.45) is 8.08. The van der Waals surface area contributed by atoms with Gasteiger partial charge in [-0.05, 0) is 49.9 Å². The molecule has 0 bridgehead atoms. The zero-order valence-corrected chi connectivity index (χ0v) is 12.8. The van der Waals surface area contributed by atoms with Crippen LogP contribution in [0.2, 0.25) is 0 Å². The van der Waals surface area contributed by atoms with Crippen LogP contribution in [0.3, 0.4) is 0 Å². The minimum Gasteiger partial charge on any atom is -0.388 e. The summed E-state index contributed by atoms with van der Waals surface area (Å²) in [6.45, 7) is 6.73. The molecule has 0 aliphatic heterocycles. The van der Waals surface area contributed by atoms with Crippen LogP contribution in [0.1, 0.15) is 72.1 Å². The zero-order chi connectivity index (χ0) is 14.1. The SMILES string of the molecule is CC1CCCC(C#N)(C2(O)CCCC(C(C)C)C2)C1.